The molecule has 2 aromatic rings. The van der Waals surface area contributed by atoms with Crippen molar-refractivity contribution in [3.63, 3.8) is 0 Å². The maximum absolute atomic E-state index is 12.4. The van der Waals surface area contributed by atoms with Crippen LogP contribution in [0.3, 0.4) is 0 Å². The summed E-state index contributed by atoms with van der Waals surface area (Å²) in [5.74, 6) is 0.0184. The highest BCUT2D eigenvalue weighted by molar-refractivity contribution is 6.03. The fourth-order valence-electron chi connectivity index (χ4n) is 2.58. The van der Waals surface area contributed by atoms with Gasteiger partial charge in [-0.05, 0) is 30.7 Å². The van der Waals surface area contributed by atoms with E-state index in [-0.39, 0.29) is 24.2 Å². The Morgan fingerprint density at radius 1 is 1.23 bits per heavy atom. The van der Waals surface area contributed by atoms with Crippen molar-refractivity contribution in [2.24, 2.45) is 5.92 Å². The van der Waals surface area contributed by atoms with Crippen LogP contribution in [-0.2, 0) is 9.59 Å². The van der Waals surface area contributed by atoms with E-state index >= 15 is 0 Å². The predicted molar refractivity (Wildman–Crippen MR) is 84.5 cm³/mol. The number of nitrogens with one attached hydrogen (secondary N) is 1. The first-order valence-corrected chi connectivity index (χ1v) is 7.23. The smallest absolute Gasteiger partial charge is 0.230 e. The Kier molecular flexibility index (Phi) is 3.87. The third-order valence-corrected chi connectivity index (χ3v) is 3.81. The molecule has 3 rings (SSSR count). The van der Waals surface area contributed by atoms with Gasteiger partial charge in [0.05, 0.1) is 5.92 Å². The number of amides is 2. The molecule has 1 fully saturated rings. The van der Waals surface area contributed by atoms with Crippen LogP contribution in [0.15, 0.2) is 48.7 Å². The van der Waals surface area contributed by atoms with Crippen molar-refractivity contribution in [3.05, 3.63) is 54.2 Å². The molecule has 112 valence electrons. The minimum absolute atomic E-state index is 0.0240. The normalized spacial score (nSPS) is 17.6. The number of aromatic nitrogens is 1. The van der Waals surface area contributed by atoms with Gasteiger partial charge in [0.15, 0.2) is 0 Å². The van der Waals surface area contributed by atoms with Gasteiger partial charge in [-0.3, -0.25) is 9.59 Å². The second-order valence-corrected chi connectivity index (χ2v) is 5.40. The van der Waals surface area contributed by atoms with E-state index in [9.17, 15) is 9.59 Å². The van der Waals surface area contributed by atoms with E-state index < -0.39 is 0 Å². The molecule has 5 nitrogen and oxygen atoms in total. The number of pyridine rings is 1. The van der Waals surface area contributed by atoms with Crippen molar-refractivity contribution in [3.8, 4) is 0 Å². The van der Waals surface area contributed by atoms with Gasteiger partial charge in [-0.2, -0.15) is 0 Å². The maximum Gasteiger partial charge on any atom is 0.230 e. The molecule has 5 heteroatoms. The third-order valence-electron chi connectivity index (χ3n) is 3.81. The average molecular weight is 295 g/mol. The van der Waals surface area contributed by atoms with Gasteiger partial charge >= 0.3 is 0 Å². The van der Waals surface area contributed by atoms with E-state index in [2.05, 4.69) is 10.3 Å². The molecule has 2 heterocycles. The van der Waals surface area contributed by atoms with Gasteiger partial charge in [0.2, 0.25) is 11.8 Å². The van der Waals surface area contributed by atoms with Crippen molar-refractivity contribution >= 4 is 23.3 Å². The number of carbonyl (C=O) groups excluding carboxylic acids is 2. The van der Waals surface area contributed by atoms with Gasteiger partial charge < -0.3 is 10.2 Å². The Labute approximate surface area is 129 Å². The molecule has 0 saturated carbocycles. The molecule has 2 amide bonds. The standard InChI is InChI=1S/C17H17N3O2/c1-12-6-5-9-18-16(12)19-17(22)13-10-15(21)20(11-13)14-7-3-2-4-8-14/h2-9,13H,10-11H2,1H3,(H,18,19,22)/t13-/m1/s1. The van der Waals surface area contributed by atoms with E-state index in [0.717, 1.165) is 11.3 Å². The summed E-state index contributed by atoms with van der Waals surface area (Å²) in [6.07, 6.45) is 1.87. The summed E-state index contributed by atoms with van der Waals surface area (Å²) in [5.41, 5.74) is 1.73. The molecular formula is C17H17N3O2. The van der Waals surface area contributed by atoms with Crippen LogP contribution in [0.5, 0.6) is 0 Å². The van der Waals surface area contributed by atoms with E-state index in [1.54, 1.807) is 11.1 Å². The van der Waals surface area contributed by atoms with Crippen LogP contribution >= 0.6 is 0 Å². The highest BCUT2D eigenvalue weighted by Gasteiger charge is 2.35. The number of benzene rings is 1. The molecule has 1 N–H and O–H groups in total. The highest BCUT2D eigenvalue weighted by atomic mass is 16.2. The van der Waals surface area contributed by atoms with Gasteiger partial charge in [0, 0.05) is 24.8 Å². The van der Waals surface area contributed by atoms with E-state index in [1.807, 2.05) is 49.4 Å². The Morgan fingerprint density at radius 2 is 2.00 bits per heavy atom. The second kappa shape index (κ2) is 5.97. The molecule has 0 aliphatic carbocycles. The van der Waals surface area contributed by atoms with Crippen molar-refractivity contribution in [1.29, 1.82) is 0 Å². The number of anilines is 2. The number of para-hydroxylation sites is 1. The lowest BCUT2D eigenvalue weighted by atomic mass is 10.1. The lowest BCUT2D eigenvalue weighted by Gasteiger charge is -2.16. The number of hydrogen-bond acceptors (Lipinski definition) is 3. The van der Waals surface area contributed by atoms with Crippen LogP contribution in [0.2, 0.25) is 0 Å². The summed E-state index contributed by atoms with van der Waals surface area (Å²) < 4.78 is 0. The summed E-state index contributed by atoms with van der Waals surface area (Å²) in [7, 11) is 0. The molecule has 0 unspecified atom stereocenters. The monoisotopic (exact) mass is 295 g/mol. The number of nitrogens with zero attached hydrogens (tertiary/aromatic N) is 2. The summed E-state index contributed by atoms with van der Waals surface area (Å²) in [6.45, 7) is 2.29. The van der Waals surface area contributed by atoms with Crippen LogP contribution in [0, 0.1) is 12.8 Å². The quantitative estimate of drug-likeness (QED) is 0.945. The third kappa shape index (κ3) is 2.83. The molecule has 1 aliphatic rings. The lowest BCUT2D eigenvalue weighted by molar-refractivity contribution is -0.122. The Morgan fingerprint density at radius 3 is 2.73 bits per heavy atom. The van der Waals surface area contributed by atoms with Crippen LogP contribution in [0.25, 0.3) is 0 Å². The molecule has 22 heavy (non-hydrogen) atoms. The van der Waals surface area contributed by atoms with Crippen LogP contribution in [-0.4, -0.2) is 23.3 Å². The molecule has 1 aromatic heterocycles. The first kappa shape index (κ1) is 14.3. The van der Waals surface area contributed by atoms with Gasteiger partial charge in [0.25, 0.3) is 0 Å². The number of aryl methyl sites for hydroxylation is 1. The molecule has 1 aromatic carbocycles. The zero-order valence-corrected chi connectivity index (χ0v) is 12.3. The summed E-state index contributed by atoms with van der Waals surface area (Å²) in [4.78, 5) is 30.3. The molecular weight excluding hydrogens is 278 g/mol. The van der Waals surface area contributed by atoms with Crippen molar-refractivity contribution < 1.29 is 9.59 Å². The molecule has 1 aliphatic heterocycles. The molecule has 0 bridgehead atoms. The number of rotatable bonds is 3. The number of carbonyl (C=O) groups is 2. The largest absolute Gasteiger partial charge is 0.312 e. The van der Waals surface area contributed by atoms with Crippen molar-refractivity contribution in [1.82, 2.24) is 4.98 Å². The zero-order valence-electron chi connectivity index (χ0n) is 12.3. The zero-order chi connectivity index (χ0) is 15.5. The SMILES string of the molecule is Cc1cccnc1NC(=O)[C@@H]1CC(=O)N(c2ccccc2)C1. The fraction of sp³-hybridized carbons (Fsp3) is 0.235. The van der Waals surface area contributed by atoms with Crippen LogP contribution < -0.4 is 10.2 Å². The second-order valence-electron chi connectivity index (χ2n) is 5.40. The lowest BCUT2D eigenvalue weighted by Crippen LogP contribution is -2.28. The minimum atomic E-state index is -0.353. The van der Waals surface area contributed by atoms with Crippen LogP contribution in [0.4, 0.5) is 11.5 Å². The molecule has 1 saturated heterocycles. The van der Waals surface area contributed by atoms with Crippen molar-refractivity contribution in [2.45, 2.75) is 13.3 Å². The molecule has 0 radical (unpaired) electrons. The van der Waals surface area contributed by atoms with Gasteiger partial charge in [-0.25, -0.2) is 4.98 Å². The first-order chi connectivity index (χ1) is 10.6. The summed E-state index contributed by atoms with van der Waals surface area (Å²) in [5, 5.41) is 2.82. The highest BCUT2D eigenvalue weighted by Crippen LogP contribution is 2.25. The molecule has 1 atom stereocenters. The topological polar surface area (TPSA) is 62.3 Å². The average Bonchev–Trinajstić information content (AvgIpc) is 2.92. The summed E-state index contributed by atoms with van der Waals surface area (Å²) >= 11 is 0. The van der Waals surface area contributed by atoms with E-state index in [1.165, 1.54) is 0 Å². The first-order valence-electron chi connectivity index (χ1n) is 7.23. The van der Waals surface area contributed by atoms with Crippen LogP contribution in [0.1, 0.15) is 12.0 Å². The number of hydrogen-bond donors (Lipinski definition) is 1. The maximum atomic E-state index is 12.4. The van der Waals surface area contributed by atoms with Gasteiger partial charge in [-0.1, -0.05) is 24.3 Å². The van der Waals surface area contributed by atoms with Gasteiger partial charge in [-0.15, -0.1) is 0 Å². The van der Waals surface area contributed by atoms with Gasteiger partial charge in [0.1, 0.15) is 5.82 Å². The summed E-state index contributed by atoms with van der Waals surface area (Å²) in [6, 6.07) is 13.1. The minimum Gasteiger partial charge on any atom is -0.312 e. The fourth-order valence-corrected chi connectivity index (χ4v) is 2.58. The Bertz CT molecular complexity index is 700. The van der Waals surface area contributed by atoms with E-state index in [0.29, 0.717) is 12.4 Å². The van der Waals surface area contributed by atoms with Crippen molar-refractivity contribution in [2.75, 3.05) is 16.8 Å². The Balaban J connectivity index is 1.71. The predicted octanol–water partition coefficient (Wildman–Crippen LogP) is 2.38. The Hall–Kier alpha value is -2.69. The molecule has 0 spiro atoms. The van der Waals surface area contributed by atoms with E-state index in [4.69, 9.17) is 0 Å².